The highest BCUT2D eigenvalue weighted by molar-refractivity contribution is 5.07. The van der Waals surface area contributed by atoms with E-state index in [9.17, 15) is 0 Å². The van der Waals surface area contributed by atoms with Crippen molar-refractivity contribution >= 4 is 0 Å². The molecule has 0 aliphatic heterocycles. The summed E-state index contributed by atoms with van der Waals surface area (Å²) < 4.78 is 0. The lowest BCUT2D eigenvalue weighted by Gasteiger charge is -2.58. The van der Waals surface area contributed by atoms with Crippen LogP contribution in [0.4, 0.5) is 0 Å². The lowest BCUT2D eigenvalue weighted by Crippen LogP contribution is -2.60. The van der Waals surface area contributed by atoms with Gasteiger partial charge in [0.15, 0.2) is 0 Å². The molecule has 0 spiro atoms. The van der Waals surface area contributed by atoms with Gasteiger partial charge in [-0.2, -0.15) is 0 Å². The lowest BCUT2D eigenvalue weighted by molar-refractivity contribution is -0.0266. The molecule has 0 saturated heterocycles. The maximum absolute atomic E-state index is 4.23. The summed E-state index contributed by atoms with van der Waals surface area (Å²) in [7, 11) is 0. The summed E-state index contributed by atoms with van der Waals surface area (Å²) in [4.78, 5) is 0. The van der Waals surface area contributed by atoms with Crippen LogP contribution in [0.25, 0.3) is 0 Å². The Balaban J connectivity index is 1.43. The van der Waals surface area contributed by atoms with E-state index in [-0.39, 0.29) is 0 Å². The van der Waals surface area contributed by atoms with Gasteiger partial charge in [0.2, 0.25) is 0 Å². The van der Waals surface area contributed by atoms with Crippen LogP contribution in [0.3, 0.4) is 0 Å². The average Bonchev–Trinajstić information content (AvgIpc) is 2.30. The van der Waals surface area contributed by atoms with Crippen molar-refractivity contribution in [3.63, 3.8) is 0 Å². The molecule has 1 heteroatoms. The van der Waals surface area contributed by atoms with Crippen LogP contribution in [0, 0.1) is 17.8 Å². The summed E-state index contributed by atoms with van der Waals surface area (Å²) in [5.74, 6) is 3.27. The number of nitrogens with one attached hydrogen (secondary N) is 1. The highest BCUT2D eigenvalue weighted by Crippen LogP contribution is 2.55. The highest BCUT2D eigenvalue weighted by Gasteiger charge is 2.51. The molecule has 0 aromatic heterocycles. The van der Waals surface area contributed by atoms with Gasteiger partial charge in [-0.1, -0.05) is 32.1 Å². The first-order valence-electron chi connectivity index (χ1n) is 9.09. The zero-order chi connectivity index (χ0) is 12.7. The Labute approximate surface area is 118 Å². The van der Waals surface area contributed by atoms with E-state index in [1.165, 1.54) is 64.2 Å². The quantitative estimate of drug-likeness (QED) is 0.762. The van der Waals surface area contributed by atoms with E-state index in [1.54, 1.807) is 19.3 Å². The Hall–Kier alpha value is -0.0400. The van der Waals surface area contributed by atoms with Crippen molar-refractivity contribution in [1.29, 1.82) is 0 Å². The zero-order valence-corrected chi connectivity index (χ0v) is 12.5. The van der Waals surface area contributed by atoms with Crippen molar-refractivity contribution in [3.8, 4) is 0 Å². The minimum absolute atomic E-state index is 0.596. The molecule has 5 aliphatic carbocycles. The molecule has 0 amide bonds. The molecule has 108 valence electrons. The summed E-state index contributed by atoms with van der Waals surface area (Å²) in [5.41, 5.74) is 0.596. The van der Waals surface area contributed by atoms with Crippen LogP contribution in [0.1, 0.15) is 83.5 Å². The van der Waals surface area contributed by atoms with Crippen molar-refractivity contribution in [1.82, 2.24) is 5.32 Å². The summed E-state index contributed by atoms with van der Waals surface area (Å²) in [6.45, 7) is 0. The van der Waals surface area contributed by atoms with Crippen molar-refractivity contribution < 1.29 is 0 Å². The van der Waals surface area contributed by atoms with Gasteiger partial charge >= 0.3 is 0 Å². The lowest BCUT2D eigenvalue weighted by atomic mass is 9.53. The number of hydrogen-bond donors (Lipinski definition) is 1. The van der Waals surface area contributed by atoms with Crippen molar-refractivity contribution in [2.45, 2.75) is 95.1 Å². The summed E-state index contributed by atoms with van der Waals surface area (Å²) in [6, 6.07) is 0.858. The van der Waals surface area contributed by atoms with Crippen LogP contribution < -0.4 is 5.32 Å². The fourth-order valence-electron chi connectivity index (χ4n) is 6.32. The molecule has 4 bridgehead atoms. The normalized spacial score (nSPS) is 47.1. The van der Waals surface area contributed by atoms with Gasteiger partial charge in [0.1, 0.15) is 0 Å². The molecule has 5 rings (SSSR count). The van der Waals surface area contributed by atoms with Gasteiger partial charge in [0.25, 0.3) is 0 Å². The predicted molar refractivity (Wildman–Crippen MR) is 80.1 cm³/mol. The molecule has 19 heavy (non-hydrogen) atoms. The van der Waals surface area contributed by atoms with Gasteiger partial charge in [0, 0.05) is 11.6 Å². The first kappa shape index (κ1) is 12.7. The Kier molecular flexibility index (Phi) is 3.38. The molecule has 5 saturated carbocycles. The molecule has 0 heterocycles. The van der Waals surface area contributed by atoms with E-state index >= 15 is 0 Å². The van der Waals surface area contributed by atoms with Crippen LogP contribution in [0.2, 0.25) is 0 Å². The molecule has 5 aliphatic rings. The minimum Gasteiger partial charge on any atom is -0.308 e. The van der Waals surface area contributed by atoms with E-state index in [1.807, 2.05) is 0 Å². The maximum atomic E-state index is 4.23. The second-order valence-electron chi connectivity index (χ2n) is 8.38. The van der Waals surface area contributed by atoms with Gasteiger partial charge in [-0.3, -0.25) is 0 Å². The highest BCUT2D eigenvalue weighted by atomic mass is 15.0. The molecule has 0 radical (unpaired) electrons. The molecule has 0 aromatic rings. The maximum Gasteiger partial charge on any atom is 0.0192 e. The fourth-order valence-corrected chi connectivity index (χ4v) is 6.32. The van der Waals surface area contributed by atoms with Gasteiger partial charge in [-0.25, -0.2) is 0 Å². The van der Waals surface area contributed by atoms with Crippen LogP contribution in [-0.2, 0) is 0 Å². The first-order valence-corrected chi connectivity index (χ1v) is 9.09. The van der Waals surface area contributed by atoms with Gasteiger partial charge in [-0.15, -0.1) is 0 Å². The Bertz CT molecular complexity index is 278. The molecule has 5 fully saturated rings. The fraction of sp³-hybridized carbons (Fsp3) is 1.00. The number of hydrogen-bond acceptors (Lipinski definition) is 1. The summed E-state index contributed by atoms with van der Waals surface area (Å²) in [6.07, 6.45) is 19.6. The zero-order valence-electron chi connectivity index (χ0n) is 12.5. The Morgan fingerprint density at radius 1 is 0.632 bits per heavy atom. The molecule has 1 nitrogen and oxygen atoms in total. The second-order valence-corrected chi connectivity index (χ2v) is 8.38. The van der Waals surface area contributed by atoms with E-state index in [0.717, 1.165) is 23.8 Å². The van der Waals surface area contributed by atoms with Crippen LogP contribution in [0.15, 0.2) is 0 Å². The minimum atomic E-state index is 0.596. The van der Waals surface area contributed by atoms with E-state index in [2.05, 4.69) is 5.32 Å². The molecule has 1 N–H and O–H groups in total. The third-order valence-electron chi connectivity index (χ3n) is 6.65. The molecular formula is C18H31N. The van der Waals surface area contributed by atoms with Crippen LogP contribution in [0.5, 0.6) is 0 Å². The summed E-state index contributed by atoms with van der Waals surface area (Å²) in [5, 5.41) is 4.23. The van der Waals surface area contributed by atoms with Gasteiger partial charge < -0.3 is 5.32 Å². The smallest absolute Gasteiger partial charge is 0.0192 e. The summed E-state index contributed by atoms with van der Waals surface area (Å²) >= 11 is 0. The van der Waals surface area contributed by atoms with Crippen molar-refractivity contribution in [2.24, 2.45) is 17.8 Å². The third kappa shape index (κ3) is 2.60. The van der Waals surface area contributed by atoms with Gasteiger partial charge in [-0.05, 0) is 69.1 Å². The predicted octanol–water partition coefficient (Wildman–Crippen LogP) is 4.66. The van der Waals surface area contributed by atoms with E-state index < -0.39 is 0 Å². The van der Waals surface area contributed by atoms with Crippen LogP contribution in [-0.4, -0.2) is 11.6 Å². The monoisotopic (exact) mass is 261 g/mol. The SMILES string of the molecule is C1CCCC(NC23CC4CC(CC(C4)C2)C3)CCC1. The average molecular weight is 261 g/mol. The van der Waals surface area contributed by atoms with E-state index in [4.69, 9.17) is 0 Å². The van der Waals surface area contributed by atoms with Crippen LogP contribution >= 0.6 is 0 Å². The third-order valence-corrected chi connectivity index (χ3v) is 6.65. The molecule has 0 atom stereocenters. The number of rotatable bonds is 2. The molecular weight excluding hydrogens is 230 g/mol. The van der Waals surface area contributed by atoms with E-state index in [0.29, 0.717) is 5.54 Å². The topological polar surface area (TPSA) is 12.0 Å². The van der Waals surface area contributed by atoms with Crippen molar-refractivity contribution in [2.75, 3.05) is 0 Å². The largest absolute Gasteiger partial charge is 0.308 e. The Morgan fingerprint density at radius 2 is 1.11 bits per heavy atom. The molecule has 0 aromatic carbocycles. The molecule has 0 unspecified atom stereocenters. The first-order chi connectivity index (χ1) is 9.31. The second kappa shape index (κ2) is 5.06. The van der Waals surface area contributed by atoms with Gasteiger partial charge in [0.05, 0.1) is 0 Å². The van der Waals surface area contributed by atoms with Crippen molar-refractivity contribution in [3.05, 3.63) is 0 Å². The Morgan fingerprint density at radius 3 is 1.63 bits per heavy atom. The standard InChI is InChI=1S/C18H31N/c1-2-4-6-17(7-5-3-1)19-18-11-14-8-15(12-18)10-16(9-14)13-18/h14-17,19H,1-13H2.